The summed E-state index contributed by atoms with van der Waals surface area (Å²) < 4.78 is 10.6. The molecule has 5 heteroatoms. The molecule has 0 aliphatic carbocycles. The van der Waals surface area contributed by atoms with Crippen LogP contribution < -0.4 is 20.1 Å². The molecule has 0 unspecified atom stereocenters. The van der Waals surface area contributed by atoms with Crippen LogP contribution in [0.15, 0.2) is 18.2 Å². The van der Waals surface area contributed by atoms with Crippen LogP contribution in [0, 0.1) is 0 Å². The Morgan fingerprint density at radius 1 is 1.27 bits per heavy atom. The molecule has 1 amide bonds. The molecule has 2 atom stereocenters. The Labute approximate surface area is 132 Å². The zero-order valence-corrected chi connectivity index (χ0v) is 13.6. The number of carbonyl (C=O) groups excluding carboxylic acids is 1. The van der Waals surface area contributed by atoms with Gasteiger partial charge in [0.1, 0.15) is 0 Å². The molecule has 22 heavy (non-hydrogen) atoms. The monoisotopic (exact) mass is 306 g/mol. The van der Waals surface area contributed by atoms with Crippen LogP contribution in [0.4, 0.5) is 0 Å². The fourth-order valence-electron chi connectivity index (χ4n) is 2.86. The Morgan fingerprint density at radius 2 is 2.05 bits per heavy atom. The van der Waals surface area contributed by atoms with Crippen LogP contribution in [0.3, 0.4) is 0 Å². The Hall–Kier alpha value is -1.75. The molecular formula is C17H26N2O3. The Kier molecular flexibility index (Phi) is 6.07. The minimum absolute atomic E-state index is 0.0855. The van der Waals surface area contributed by atoms with E-state index in [2.05, 4.69) is 17.6 Å². The fourth-order valence-corrected chi connectivity index (χ4v) is 2.86. The molecule has 1 aliphatic heterocycles. The largest absolute Gasteiger partial charge is 0.493 e. The number of rotatable bonds is 6. The maximum atomic E-state index is 12.0. The van der Waals surface area contributed by atoms with Crippen LogP contribution in [0.5, 0.6) is 11.5 Å². The number of hydrogen-bond donors (Lipinski definition) is 2. The number of ether oxygens (including phenoxy) is 2. The molecule has 0 saturated carbocycles. The van der Waals surface area contributed by atoms with E-state index < -0.39 is 0 Å². The number of carbonyl (C=O) groups is 1. The average molecular weight is 306 g/mol. The molecule has 5 nitrogen and oxygen atoms in total. The van der Waals surface area contributed by atoms with Gasteiger partial charge < -0.3 is 20.1 Å². The first-order chi connectivity index (χ1) is 10.6. The van der Waals surface area contributed by atoms with Crippen molar-refractivity contribution in [2.75, 3.05) is 20.8 Å². The lowest BCUT2D eigenvalue weighted by Crippen LogP contribution is -2.47. The van der Waals surface area contributed by atoms with E-state index in [1.807, 2.05) is 18.2 Å². The van der Waals surface area contributed by atoms with Crippen molar-refractivity contribution in [3.05, 3.63) is 23.8 Å². The predicted octanol–water partition coefficient (Wildman–Crippen LogP) is 1.89. The third-order valence-electron chi connectivity index (χ3n) is 4.01. The zero-order chi connectivity index (χ0) is 15.9. The molecule has 1 aromatic carbocycles. The van der Waals surface area contributed by atoms with E-state index >= 15 is 0 Å². The van der Waals surface area contributed by atoms with Crippen molar-refractivity contribution in [3.63, 3.8) is 0 Å². The zero-order valence-electron chi connectivity index (χ0n) is 13.6. The highest BCUT2D eigenvalue weighted by molar-refractivity contribution is 5.81. The Bertz CT molecular complexity index is 505. The summed E-state index contributed by atoms with van der Waals surface area (Å²) in [6.45, 7) is 2.90. The minimum Gasteiger partial charge on any atom is -0.493 e. The van der Waals surface area contributed by atoms with Gasteiger partial charge >= 0.3 is 0 Å². The smallest absolute Gasteiger partial charge is 0.237 e. The van der Waals surface area contributed by atoms with Gasteiger partial charge in [0.2, 0.25) is 5.91 Å². The third kappa shape index (κ3) is 4.37. The van der Waals surface area contributed by atoms with Crippen molar-refractivity contribution in [3.8, 4) is 11.5 Å². The molecule has 0 bridgehead atoms. The Morgan fingerprint density at radius 3 is 2.77 bits per heavy atom. The summed E-state index contributed by atoms with van der Waals surface area (Å²) in [5, 5.41) is 6.40. The SMILES string of the molecule is COc1ccc(C[C@H](C)N[C@@H]2CCCCNC2=O)cc1OC. The van der Waals surface area contributed by atoms with Crippen molar-refractivity contribution < 1.29 is 14.3 Å². The van der Waals surface area contributed by atoms with Crippen LogP contribution in [-0.4, -0.2) is 38.8 Å². The molecule has 1 saturated heterocycles. The van der Waals surface area contributed by atoms with Gasteiger partial charge in [0.25, 0.3) is 0 Å². The van der Waals surface area contributed by atoms with Gasteiger partial charge in [0, 0.05) is 12.6 Å². The molecule has 0 spiro atoms. The van der Waals surface area contributed by atoms with Crippen molar-refractivity contribution in [1.82, 2.24) is 10.6 Å². The first kappa shape index (κ1) is 16.6. The fraction of sp³-hybridized carbons (Fsp3) is 0.588. The summed E-state index contributed by atoms with van der Waals surface area (Å²) in [7, 11) is 3.27. The van der Waals surface area contributed by atoms with E-state index in [4.69, 9.17) is 9.47 Å². The molecule has 122 valence electrons. The molecule has 0 aromatic heterocycles. The van der Waals surface area contributed by atoms with Crippen LogP contribution in [0.2, 0.25) is 0 Å². The van der Waals surface area contributed by atoms with Gasteiger partial charge in [-0.2, -0.15) is 0 Å². The van der Waals surface area contributed by atoms with Crippen LogP contribution in [0.1, 0.15) is 31.7 Å². The summed E-state index contributed by atoms with van der Waals surface area (Å²) in [4.78, 5) is 12.0. The van der Waals surface area contributed by atoms with Gasteiger partial charge in [0.15, 0.2) is 11.5 Å². The van der Waals surface area contributed by atoms with Crippen molar-refractivity contribution in [1.29, 1.82) is 0 Å². The number of methoxy groups -OCH3 is 2. The van der Waals surface area contributed by atoms with Gasteiger partial charge in [0.05, 0.1) is 20.3 Å². The number of hydrogen-bond acceptors (Lipinski definition) is 4. The lowest BCUT2D eigenvalue weighted by Gasteiger charge is -2.21. The van der Waals surface area contributed by atoms with Gasteiger partial charge in [-0.05, 0) is 50.3 Å². The van der Waals surface area contributed by atoms with Crippen LogP contribution >= 0.6 is 0 Å². The highest BCUT2D eigenvalue weighted by atomic mass is 16.5. The number of nitrogens with one attached hydrogen (secondary N) is 2. The normalized spacial score (nSPS) is 20.0. The van der Waals surface area contributed by atoms with Gasteiger partial charge in [-0.25, -0.2) is 0 Å². The molecule has 1 aliphatic rings. The third-order valence-corrected chi connectivity index (χ3v) is 4.01. The molecule has 2 rings (SSSR count). The first-order valence-electron chi connectivity index (χ1n) is 7.88. The molecule has 1 aromatic rings. The molecule has 2 N–H and O–H groups in total. The standard InChI is InChI=1S/C17H26N2O3/c1-12(19-14-6-4-5-9-18-17(14)20)10-13-7-8-15(21-2)16(11-13)22-3/h7-8,11-12,14,19H,4-6,9-10H2,1-3H3,(H,18,20)/t12-,14+/m0/s1. The quantitative estimate of drug-likeness (QED) is 0.843. The Balaban J connectivity index is 1.96. The summed E-state index contributed by atoms with van der Waals surface area (Å²) >= 11 is 0. The van der Waals surface area contributed by atoms with E-state index in [1.54, 1.807) is 14.2 Å². The average Bonchev–Trinajstić information content (AvgIpc) is 2.72. The van der Waals surface area contributed by atoms with Gasteiger partial charge in [-0.3, -0.25) is 4.79 Å². The molecule has 0 radical (unpaired) electrons. The molecule has 1 fully saturated rings. The second-order valence-electron chi connectivity index (χ2n) is 5.80. The maximum Gasteiger partial charge on any atom is 0.237 e. The number of benzene rings is 1. The van der Waals surface area contributed by atoms with Crippen LogP contribution in [0.25, 0.3) is 0 Å². The first-order valence-corrected chi connectivity index (χ1v) is 7.88. The summed E-state index contributed by atoms with van der Waals surface area (Å²) in [5.41, 5.74) is 1.16. The highest BCUT2D eigenvalue weighted by Gasteiger charge is 2.22. The van der Waals surface area contributed by atoms with E-state index in [-0.39, 0.29) is 18.0 Å². The van der Waals surface area contributed by atoms with Crippen molar-refractivity contribution in [2.45, 2.75) is 44.7 Å². The molecule has 1 heterocycles. The molecular weight excluding hydrogens is 280 g/mol. The van der Waals surface area contributed by atoms with Crippen molar-refractivity contribution in [2.24, 2.45) is 0 Å². The lowest BCUT2D eigenvalue weighted by atomic mass is 10.0. The summed E-state index contributed by atoms with van der Waals surface area (Å²) in [6, 6.07) is 6.07. The van der Waals surface area contributed by atoms with Gasteiger partial charge in [-0.15, -0.1) is 0 Å². The minimum atomic E-state index is -0.0855. The summed E-state index contributed by atoms with van der Waals surface area (Å²) in [5.74, 6) is 1.59. The highest BCUT2D eigenvalue weighted by Crippen LogP contribution is 2.28. The second-order valence-corrected chi connectivity index (χ2v) is 5.80. The van der Waals surface area contributed by atoms with Crippen molar-refractivity contribution >= 4 is 5.91 Å². The maximum absolute atomic E-state index is 12.0. The summed E-state index contributed by atoms with van der Waals surface area (Å²) in [6.07, 6.45) is 3.89. The second kappa shape index (κ2) is 8.03. The van der Waals surface area contributed by atoms with E-state index in [9.17, 15) is 4.79 Å². The predicted molar refractivity (Wildman–Crippen MR) is 86.5 cm³/mol. The van der Waals surface area contributed by atoms with E-state index in [1.165, 1.54) is 0 Å². The van der Waals surface area contributed by atoms with E-state index in [0.29, 0.717) is 0 Å². The lowest BCUT2D eigenvalue weighted by molar-refractivity contribution is -0.123. The van der Waals surface area contributed by atoms with E-state index in [0.717, 1.165) is 49.3 Å². The topological polar surface area (TPSA) is 59.6 Å². The number of amides is 1. The van der Waals surface area contributed by atoms with Crippen LogP contribution in [-0.2, 0) is 11.2 Å². The van der Waals surface area contributed by atoms with Gasteiger partial charge in [-0.1, -0.05) is 6.07 Å².